The monoisotopic (exact) mass is 322 g/mol. The first-order valence-electron chi connectivity index (χ1n) is 7.94. The van der Waals surface area contributed by atoms with Crippen molar-refractivity contribution in [1.29, 1.82) is 0 Å². The lowest BCUT2D eigenvalue weighted by Crippen LogP contribution is -2.45. The summed E-state index contributed by atoms with van der Waals surface area (Å²) in [5.41, 5.74) is 2.07. The van der Waals surface area contributed by atoms with Gasteiger partial charge >= 0.3 is 12.1 Å². The Hall–Kier alpha value is -3.02. The molecule has 0 unspecified atom stereocenters. The van der Waals surface area contributed by atoms with Crippen LogP contribution >= 0.6 is 0 Å². The maximum absolute atomic E-state index is 12.3. The van der Waals surface area contributed by atoms with E-state index in [1.54, 1.807) is 9.80 Å². The fourth-order valence-corrected chi connectivity index (χ4v) is 3.28. The van der Waals surface area contributed by atoms with Crippen LogP contribution in [-0.4, -0.2) is 34.2 Å². The molecule has 6 nitrogen and oxygen atoms in total. The predicted molar refractivity (Wildman–Crippen MR) is 88.6 cm³/mol. The minimum Gasteiger partial charge on any atom is -0.314 e. The lowest BCUT2D eigenvalue weighted by Gasteiger charge is -2.29. The van der Waals surface area contributed by atoms with E-state index in [1.165, 1.54) is 0 Å². The number of benzene rings is 2. The lowest BCUT2D eigenvalue weighted by molar-refractivity contribution is 0.120. The Morgan fingerprint density at radius 1 is 0.708 bits per heavy atom. The Balaban J connectivity index is 1.58. The third-order valence-corrected chi connectivity index (χ3v) is 4.41. The largest absolute Gasteiger partial charge is 0.321 e. The van der Waals surface area contributed by atoms with Crippen molar-refractivity contribution >= 4 is 12.1 Å². The summed E-state index contributed by atoms with van der Waals surface area (Å²) in [4.78, 5) is 28.1. The summed E-state index contributed by atoms with van der Waals surface area (Å²) in [7, 11) is 0. The molecule has 4 amide bonds. The molecule has 122 valence electrons. The highest BCUT2D eigenvalue weighted by atomic mass is 16.2. The Bertz CT molecular complexity index is 687. The Labute approximate surface area is 140 Å². The average Bonchev–Trinajstić information content (AvgIpc) is 3.05. The van der Waals surface area contributed by atoms with E-state index in [0.29, 0.717) is 13.1 Å². The summed E-state index contributed by atoms with van der Waals surface area (Å²) in [6.07, 6.45) is -0.706. The summed E-state index contributed by atoms with van der Waals surface area (Å²) in [6.45, 7) is 0.933. The van der Waals surface area contributed by atoms with Gasteiger partial charge in [-0.2, -0.15) is 0 Å². The van der Waals surface area contributed by atoms with Gasteiger partial charge in [-0.1, -0.05) is 60.7 Å². The van der Waals surface area contributed by atoms with Crippen LogP contribution in [0.25, 0.3) is 0 Å². The van der Waals surface area contributed by atoms with Crippen molar-refractivity contribution in [2.24, 2.45) is 0 Å². The maximum Gasteiger partial charge on any atom is 0.321 e. The fraction of sp³-hybridized carbons (Fsp3) is 0.222. The van der Waals surface area contributed by atoms with Gasteiger partial charge in [-0.25, -0.2) is 9.59 Å². The molecule has 2 saturated heterocycles. The van der Waals surface area contributed by atoms with Crippen LogP contribution in [0.5, 0.6) is 0 Å². The lowest BCUT2D eigenvalue weighted by atomic mass is 10.2. The van der Waals surface area contributed by atoms with Crippen molar-refractivity contribution in [2.75, 3.05) is 0 Å². The SMILES string of the molecule is O=C1NC2NC(=O)N(Cc3ccccc3)C2N1Cc1ccccc1. The van der Waals surface area contributed by atoms with Crippen molar-refractivity contribution in [3.63, 3.8) is 0 Å². The number of fused-ring (bicyclic) bond motifs is 1. The van der Waals surface area contributed by atoms with Crippen LogP contribution < -0.4 is 10.6 Å². The Kier molecular flexibility index (Phi) is 3.57. The summed E-state index contributed by atoms with van der Waals surface area (Å²) in [6, 6.07) is 19.3. The van der Waals surface area contributed by atoms with Crippen LogP contribution in [-0.2, 0) is 13.1 Å². The van der Waals surface area contributed by atoms with Crippen LogP contribution in [0, 0.1) is 0 Å². The number of amides is 4. The Morgan fingerprint density at radius 2 is 1.12 bits per heavy atom. The van der Waals surface area contributed by atoms with Gasteiger partial charge in [0.25, 0.3) is 0 Å². The summed E-state index contributed by atoms with van der Waals surface area (Å²) < 4.78 is 0. The van der Waals surface area contributed by atoms with Crippen molar-refractivity contribution in [1.82, 2.24) is 20.4 Å². The van der Waals surface area contributed by atoms with Crippen LogP contribution in [0.15, 0.2) is 60.7 Å². The molecule has 4 rings (SSSR count). The first-order chi connectivity index (χ1) is 11.7. The zero-order chi connectivity index (χ0) is 16.5. The van der Waals surface area contributed by atoms with Crippen LogP contribution in [0.4, 0.5) is 9.59 Å². The highest BCUT2D eigenvalue weighted by Gasteiger charge is 2.50. The molecule has 6 heteroatoms. The smallest absolute Gasteiger partial charge is 0.314 e. The van der Waals surface area contributed by atoms with Gasteiger partial charge in [0.15, 0.2) is 0 Å². The number of nitrogens with zero attached hydrogens (tertiary/aromatic N) is 2. The topological polar surface area (TPSA) is 64.7 Å². The second-order valence-corrected chi connectivity index (χ2v) is 6.02. The number of hydrogen-bond acceptors (Lipinski definition) is 2. The molecule has 24 heavy (non-hydrogen) atoms. The predicted octanol–water partition coefficient (Wildman–Crippen LogP) is 2.09. The first kappa shape index (κ1) is 14.6. The van der Waals surface area contributed by atoms with Crippen LogP contribution in [0.2, 0.25) is 0 Å². The van der Waals surface area contributed by atoms with Crippen molar-refractivity contribution in [3.8, 4) is 0 Å². The van der Waals surface area contributed by atoms with E-state index in [0.717, 1.165) is 11.1 Å². The number of nitrogens with one attached hydrogen (secondary N) is 2. The normalized spacial score (nSPS) is 22.3. The molecule has 0 atom stereocenters. The van der Waals surface area contributed by atoms with Crippen molar-refractivity contribution < 1.29 is 9.59 Å². The number of carbonyl (C=O) groups is 2. The van der Waals surface area contributed by atoms with Gasteiger partial charge in [0.1, 0.15) is 12.3 Å². The van der Waals surface area contributed by atoms with Gasteiger partial charge < -0.3 is 10.6 Å². The van der Waals surface area contributed by atoms with Gasteiger partial charge in [-0.15, -0.1) is 0 Å². The third kappa shape index (κ3) is 2.56. The zero-order valence-electron chi connectivity index (χ0n) is 13.1. The molecule has 2 aromatic carbocycles. The van der Waals surface area contributed by atoms with Crippen molar-refractivity contribution in [3.05, 3.63) is 71.8 Å². The molecule has 2 N–H and O–H groups in total. The molecule has 2 heterocycles. The Morgan fingerprint density at radius 3 is 1.54 bits per heavy atom. The standard InChI is InChI=1S/C18H18N4O2/c23-17-19-15-16(21(17)11-13-7-3-1-4-8-13)22(18(24)20-15)12-14-9-5-2-6-10-14/h1-10,15-16H,11-12H2,(H,19,23)(H,20,24). The quantitative estimate of drug-likeness (QED) is 0.905. The summed E-state index contributed by atoms with van der Waals surface area (Å²) in [5.74, 6) is 0. The van der Waals surface area contributed by atoms with Crippen LogP contribution in [0.3, 0.4) is 0 Å². The van der Waals surface area contributed by atoms with E-state index in [9.17, 15) is 9.59 Å². The third-order valence-electron chi connectivity index (χ3n) is 4.41. The molecule has 0 aliphatic carbocycles. The molecule has 2 aliphatic rings. The van der Waals surface area contributed by atoms with Gasteiger partial charge in [0.05, 0.1) is 0 Å². The molecular weight excluding hydrogens is 304 g/mol. The fourth-order valence-electron chi connectivity index (χ4n) is 3.28. The molecule has 2 aliphatic heterocycles. The zero-order valence-corrected chi connectivity index (χ0v) is 13.1. The van der Waals surface area contributed by atoms with E-state index in [4.69, 9.17) is 0 Å². The highest BCUT2D eigenvalue weighted by Crippen LogP contribution is 2.26. The highest BCUT2D eigenvalue weighted by molar-refractivity contribution is 5.84. The molecule has 0 saturated carbocycles. The first-order valence-corrected chi connectivity index (χ1v) is 7.94. The van der Waals surface area contributed by atoms with Gasteiger partial charge in [-0.05, 0) is 11.1 Å². The minimum absolute atomic E-state index is 0.160. The van der Waals surface area contributed by atoms with Gasteiger partial charge in [-0.3, -0.25) is 9.80 Å². The van der Waals surface area contributed by atoms with E-state index in [-0.39, 0.29) is 24.4 Å². The average molecular weight is 322 g/mol. The van der Waals surface area contributed by atoms with Crippen LogP contribution in [0.1, 0.15) is 11.1 Å². The molecule has 0 bridgehead atoms. The number of hydrogen-bond donors (Lipinski definition) is 2. The van der Waals surface area contributed by atoms with E-state index >= 15 is 0 Å². The maximum atomic E-state index is 12.3. The number of rotatable bonds is 4. The summed E-state index contributed by atoms with van der Waals surface area (Å²) >= 11 is 0. The van der Waals surface area contributed by atoms with E-state index in [1.807, 2.05) is 60.7 Å². The minimum atomic E-state index is -0.377. The number of carbonyl (C=O) groups excluding carboxylic acids is 2. The second kappa shape index (κ2) is 5.88. The molecule has 0 radical (unpaired) electrons. The number of urea groups is 2. The van der Waals surface area contributed by atoms with E-state index in [2.05, 4.69) is 10.6 Å². The molecule has 0 aromatic heterocycles. The molecule has 2 aromatic rings. The van der Waals surface area contributed by atoms with Gasteiger partial charge in [0.2, 0.25) is 0 Å². The summed E-state index contributed by atoms with van der Waals surface area (Å²) in [5, 5.41) is 5.69. The second-order valence-electron chi connectivity index (χ2n) is 6.02. The molecular formula is C18H18N4O2. The molecule has 2 fully saturated rings. The van der Waals surface area contributed by atoms with Gasteiger partial charge in [0, 0.05) is 13.1 Å². The van der Waals surface area contributed by atoms with Crippen molar-refractivity contribution in [2.45, 2.75) is 25.4 Å². The van der Waals surface area contributed by atoms with E-state index < -0.39 is 0 Å². The molecule has 0 spiro atoms.